The number of rotatable bonds is 11. The molecule has 0 atom stereocenters. The van der Waals surface area contributed by atoms with E-state index in [0.29, 0.717) is 0 Å². The van der Waals surface area contributed by atoms with E-state index in [2.05, 4.69) is 57.0 Å². The maximum Gasteiger partial charge on any atom is 0.269 e. The van der Waals surface area contributed by atoms with Crippen LogP contribution in [-0.2, 0) is 75.0 Å². The van der Waals surface area contributed by atoms with E-state index in [9.17, 15) is 29.4 Å². The molecule has 534 valence electrons. The third kappa shape index (κ3) is 32.0. The molecular formula is C74H96ClFN12O6S4Y2-2. The Balaban J connectivity index is -0.000000548. The van der Waals surface area contributed by atoms with Crippen LogP contribution in [0.1, 0.15) is 111 Å². The number of nitrogens with zero attached hydrogens (tertiary/aromatic N) is 9. The Morgan fingerprint density at radius 3 is 1.03 bits per heavy atom. The summed E-state index contributed by atoms with van der Waals surface area (Å²) in [5.74, 6) is 0.505. The van der Waals surface area contributed by atoms with E-state index in [4.69, 9.17) is 10.5 Å². The standard InChI is InChI=1S/C15H12N3OS.C14H11N3O2S.C14H13N3S.C8H8N2S.C6H4FNO2.8C2H6.CClO.2Y/c1-20-15-17-13-4-2-3-5-14(13)18(15)12-8-6-11(7-9-12)16-10-19;1-20-14-15-12-4-2-3-5-13(12)16(14)10-6-8-11(9-7-10)17(18)19;1-18-14-16-12-4-2-3-5-13(12)17(14)11-8-6-10(15)7-9-11;1-11-8-9-6-4-2-3-5-7(6)10-8;7-5-1-3-6(4-2-5)8(9)10;8*1-2;2-1-3;;/h2-9H,1H3,(H,16,19);2-9H,1H3;2-9H,15H2,1H3;2-5H,1H3,(H,9,10);1-4H;8*1-2H3;;;/q-1;;;;;;;;;;;;;-1;;. The van der Waals surface area contributed by atoms with Gasteiger partial charge in [0.1, 0.15) is 5.82 Å². The van der Waals surface area contributed by atoms with Crippen LogP contribution in [-0.4, -0.2) is 85.6 Å². The second-order valence-electron chi connectivity index (χ2n) is 16.5. The van der Waals surface area contributed by atoms with Gasteiger partial charge in [-0.05, 0) is 122 Å². The van der Waals surface area contributed by atoms with Crippen molar-refractivity contribution in [2.24, 2.45) is 0 Å². The van der Waals surface area contributed by atoms with Crippen molar-refractivity contribution < 1.29 is 89.2 Å². The van der Waals surface area contributed by atoms with Crippen molar-refractivity contribution in [3.63, 3.8) is 0 Å². The number of nitro benzene ring substituents is 2. The molecule has 0 bridgehead atoms. The predicted octanol–water partition coefficient (Wildman–Crippen LogP) is 22.7. The molecule has 0 aliphatic heterocycles. The topological polar surface area (TPSA) is 241 Å². The number of benzene rings is 8. The van der Waals surface area contributed by atoms with Crippen LogP contribution in [0.4, 0.5) is 27.1 Å². The number of carbonyl (C=O) groups excluding carboxylic acids is 2. The number of amides is 1. The van der Waals surface area contributed by atoms with Crippen LogP contribution in [0.15, 0.2) is 215 Å². The first-order valence-electron chi connectivity index (χ1n) is 32.1. The minimum absolute atomic E-state index is 0. The van der Waals surface area contributed by atoms with E-state index in [-0.39, 0.29) is 76.8 Å². The van der Waals surface area contributed by atoms with Crippen LogP contribution in [0, 0.1) is 26.0 Å². The molecule has 4 heterocycles. The molecule has 4 N–H and O–H groups in total. The average molecular weight is 1610 g/mol. The summed E-state index contributed by atoms with van der Waals surface area (Å²) < 4.78 is 18.4. The van der Waals surface area contributed by atoms with Gasteiger partial charge in [-0.25, -0.2) is 24.3 Å². The summed E-state index contributed by atoms with van der Waals surface area (Å²) in [5, 5.41) is 27.0. The molecule has 26 heteroatoms. The number of hydrogen-bond acceptors (Lipinski definition) is 15. The van der Waals surface area contributed by atoms with Gasteiger partial charge in [0.05, 0.1) is 60.4 Å². The monoisotopic (exact) mass is 1610 g/mol. The Bertz CT molecular complexity index is 4060. The van der Waals surface area contributed by atoms with Crippen molar-refractivity contribution in [2.45, 2.75) is 131 Å². The van der Waals surface area contributed by atoms with Gasteiger partial charge >= 0.3 is 0 Å². The van der Waals surface area contributed by atoms with E-state index in [1.54, 1.807) is 65.6 Å². The van der Waals surface area contributed by atoms with Crippen LogP contribution in [0.3, 0.4) is 0 Å². The molecular weight excluding hydrogens is 1510 g/mol. The number of halogens is 2. The van der Waals surface area contributed by atoms with Gasteiger partial charge in [-0.15, -0.1) is 17.8 Å². The molecule has 0 saturated heterocycles. The summed E-state index contributed by atoms with van der Waals surface area (Å²) in [6.07, 6.45) is 9.69. The summed E-state index contributed by atoms with van der Waals surface area (Å²) in [6.45, 7) is 32.0. The quantitative estimate of drug-likeness (QED) is 0.0207. The number of imidazole rings is 4. The number of fused-ring (bicyclic) bond motifs is 4. The van der Waals surface area contributed by atoms with Crippen LogP contribution in [0.5, 0.6) is 0 Å². The number of hydrogen-bond donors (Lipinski definition) is 3. The minimum Gasteiger partial charge on any atom is -0.525 e. The molecule has 1 amide bonds. The van der Waals surface area contributed by atoms with Crippen LogP contribution in [0.25, 0.3) is 61.2 Å². The molecule has 2 radical (unpaired) electrons. The summed E-state index contributed by atoms with van der Waals surface area (Å²) in [6, 6.07) is 58.4. The molecule has 0 spiro atoms. The average Bonchev–Trinajstić information content (AvgIpc) is 1.65. The van der Waals surface area contributed by atoms with Crippen LogP contribution in [0.2, 0.25) is 0 Å². The Morgan fingerprint density at radius 2 is 0.730 bits per heavy atom. The molecule has 100 heavy (non-hydrogen) atoms. The summed E-state index contributed by atoms with van der Waals surface area (Å²) in [4.78, 5) is 59.8. The number of nitrogens with one attached hydrogen (secondary N) is 2. The van der Waals surface area contributed by atoms with Crippen LogP contribution >= 0.6 is 58.6 Å². The zero-order chi connectivity index (χ0) is 74.5. The molecule has 0 unspecified atom stereocenters. The molecule has 8 aromatic carbocycles. The SMILES string of the molecule is CC.CC.CC.CC.CC.CC.CC.CC.CSc1nc2ccccc2[nH]1.CSc1nc2ccccc2n1-c1ccc(N)cc1.CSc1nc2ccccc2n1-c1ccc(N[C-]=O)cc1.CSc1nc2ccccc2n1-c1ccc([N+](=O)[O-])cc1.O=[C-]Cl.O=[N+]([O-])c1ccc(F)cc1.[Y].[Y]. The molecule has 0 fully saturated rings. The Hall–Kier alpha value is -6.79. The minimum atomic E-state index is -0.570. The number of aromatic nitrogens is 8. The summed E-state index contributed by atoms with van der Waals surface area (Å²) >= 11 is 10.6. The first kappa shape index (κ1) is 99.6. The first-order valence-corrected chi connectivity index (χ1v) is 37.4. The number of nitrogen functional groups attached to an aromatic ring is 1. The Morgan fingerprint density at radius 1 is 0.440 bits per heavy atom. The van der Waals surface area contributed by atoms with Crippen molar-refractivity contribution in [3.05, 3.63) is 220 Å². The predicted molar refractivity (Wildman–Crippen MR) is 422 cm³/mol. The maximum absolute atomic E-state index is 12.1. The second kappa shape index (κ2) is 60.9. The van der Waals surface area contributed by atoms with Crippen molar-refractivity contribution in [2.75, 3.05) is 36.1 Å². The molecule has 0 aliphatic rings. The Labute approximate surface area is 663 Å². The molecule has 4 aromatic heterocycles. The molecule has 18 nitrogen and oxygen atoms in total. The maximum atomic E-state index is 12.1. The first-order chi connectivity index (χ1) is 47.8. The van der Waals surface area contributed by atoms with E-state index in [1.165, 1.54) is 12.1 Å². The van der Waals surface area contributed by atoms with Gasteiger partial charge in [-0.3, -0.25) is 33.9 Å². The zero-order valence-electron chi connectivity index (χ0n) is 61.1. The third-order valence-corrected chi connectivity index (χ3v) is 14.0. The van der Waals surface area contributed by atoms with Crippen molar-refractivity contribution in [3.8, 4) is 17.1 Å². The second-order valence-corrected chi connectivity index (χ2v) is 19.8. The molecule has 0 aliphatic carbocycles. The van der Waals surface area contributed by atoms with Gasteiger partial charge < -0.3 is 37.2 Å². The summed E-state index contributed by atoms with van der Waals surface area (Å²) in [5.41, 5.74) is 18.4. The number of nitro groups is 2. The van der Waals surface area contributed by atoms with Gasteiger partial charge in [0, 0.05) is 112 Å². The third-order valence-electron chi connectivity index (χ3n) is 11.5. The smallest absolute Gasteiger partial charge is 0.269 e. The van der Waals surface area contributed by atoms with E-state index in [0.717, 1.165) is 123 Å². The zero-order valence-corrected chi connectivity index (χ0v) is 70.8. The largest absolute Gasteiger partial charge is 0.525 e. The fourth-order valence-corrected chi connectivity index (χ4v) is 9.99. The van der Waals surface area contributed by atoms with Gasteiger partial charge in [-0.2, -0.15) is 5.75 Å². The van der Waals surface area contributed by atoms with Crippen LogP contribution < -0.4 is 11.1 Å². The van der Waals surface area contributed by atoms with Gasteiger partial charge in [0.15, 0.2) is 20.6 Å². The number of para-hydroxylation sites is 8. The number of H-pyrrole nitrogens is 1. The molecule has 12 aromatic rings. The number of aromatic amines is 1. The normalized spacial score (nSPS) is 8.98. The summed E-state index contributed by atoms with van der Waals surface area (Å²) in [7, 11) is 0. The van der Waals surface area contributed by atoms with Gasteiger partial charge in [-0.1, -0.05) is 218 Å². The van der Waals surface area contributed by atoms with Crippen molar-refractivity contribution in [1.29, 1.82) is 0 Å². The molecule has 12 rings (SSSR count). The van der Waals surface area contributed by atoms with Crippen molar-refractivity contribution in [1.82, 2.24) is 38.6 Å². The van der Waals surface area contributed by atoms with Gasteiger partial charge in [0.2, 0.25) is 0 Å². The van der Waals surface area contributed by atoms with E-state index >= 15 is 0 Å². The number of nitrogens with two attached hydrogens (primary N) is 1. The number of anilines is 2. The van der Waals surface area contributed by atoms with Crippen molar-refractivity contribution >= 4 is 138 Å². The van der Waals surface area contributed by atoms with Gasteiger partial charge in [0.25, 0.3) is 11.4 Å². The van der Waals surface area contributed by atoms with E-state index in [1.807, 2.05) is 280 Å². The number of thioether (sulfide) groups is 4. The Kier molecular flexibility index (Phi) is 60.7. The fourth-order valence-electron chi connectivity index (χ4n) is 7.86. The van der Waals surface area contributed by atoms with E-state index < -0.39 is 15.7 Å². The number of non-ortho nitro benzene ring substituents is 2. The fraction of sp³-hybridized carbons (Fsp3) is 0.270. The molecule has 0 saturated carbocycles.